The maximum absolute atomic E-state index is 9.05. The Morgan fingerprint density at radius 2 is 1.76 bits per heavy atom. The minimum Gasteiger partial charge on any atom is -0.317 e. The van der Waals surface area contributed by atoms with Gasteiger partial charge in [0.1, 0.15) is 6.07 Å². The molecule has 0 atom stereocenters. The number of hydrogen-bond donors (Lipinski definition) is 0. The fourth-order valence-corrected chi connectivity index (χ4v) is 2.30. The average Bonchev–Trinajstić information content (AvgIpc) is 2.55. The predicted octanol–water partition coefficient (Wildman–Crippen LogP) is 3.58. The number of hydrogen-bond acceptors (Lipinski definition) is 1. The lowest BCUT2D eigenvalue weighted by Crippen LogP contribution is -2.01. The lowest BCUT2D eigenvalue weighted by atomic mass is 10.1. The smallest absolute Gasteiger partial charge is 0.101 e. The second-order valence-electron chi connectivity index (χ2n) is 4.52. The molecule has 1 aromatic heterocycles. The zero-order chi connectivity index (χ0) is 12.6. The summed E-state index contributed by atoms with van der Waals surface area (Å²) in [6.45, 7) is 8.22. The molecule has 0 radical (unpaired) electrons. The SMILES string of the molecule is Cc1ccc(-n2c(C)cc(C#N)c2C)c(C)c1. The zero-order valence-electron chi connectivity index (χ0n) is 10.7. The summed E-state index contributed by atoms with van der Waals surface area (Å²) in [5, 5.41) is 9.05. The number of rotatable bonds is 1. The molecule has 0 bridgehead atoms. The van der Waals surface area contributed by atoms with Crippen molar-refractivity contribution in [3.63, 3.8) is 0 Å². The van der Waals surface area contributed by atoms with E-state index in [2.05, 4.69) is 42.7 Å². The molecule has 0 fully saturated rings. The molecule has 0 spiro atoms. The van der Waals surface area contributed by atoms with Gasteiger partial charge in [0, 0.05) is 17.1 Å². The van der Waals surface area contributed by atoms with Crippen LogP contribution in [0.5, 0.6) is 0 Å². The lowest BCUT2D eigenvalue weighted by Gasteiger charge is -2.13. The summed E-state index contributed by atoms with van der Waals surface area (Å²) in [6, 6.07) is 10.6. The van der Waals surface area contributed by atoms with Gasteiger partial charge in [0.25, 0.3) is 0 Å². The van der Waals surface area contributed by atoms with Crippen LogP contribution in [-0.4, -0.2) is 4.57 Å². The Morgan fingerprint density at radius 3 is 2.29 bits per heavy atom. The third-order valence-corrected chi connectivity index (χ3v) is 3.14. The van der Waals surface area contributed by atoms with Gasteiger partial charge in [-0.15, -0.1) is 0 Å². The number of benzene rings is 1. The highest BCUT2D eigenvalue weighted by atomic mass is 15.0. The number of aryl methyl sites for hydroxylation is 3. The van der Waals surface area contributed by atoms with Crippen LogP contribution in [0.1, 0.15) is 28.1 Å². The largest absolute Gasteiger partial charge is 0.317 e. The molecule has 0 aliphatic carbocycles. The summed E-state index contributed by atoms with van der Waals surface area (Å²) >= 11 is 0. The van der Waals surface area contributed by atoms with Crippen molar-refractivity contribution in [1.29, 1.82) is 5.26 Å². The van der Waals surface area contributed by atoms with Gasteiger partial charge < -0.3 is 4.57 Å². The molecule has 0 aliphatic rings. The summed E-state index contributed by atoms with van der Waals surface area (Å²) < 4.78 is 2.15. The van der Waals surface area contributed by atoms with Crippen molar-refractivity contribution in [1.82, 2.24) is 4.57 Å². The molecule has 0 amide bonds. The van der Waals surface area contributed by atoms with Crippen molar-refractivity contribution < 1.29 is 0 Å². The lowest BCUT2D eigenvalue weighted by molar-refractivity contribution is 0.952. The van der Waals surface area contributed by atoms with Gasteiger partial charge in [0.15, 0.2) is 0 Å². The fraction of sp³-hybridized carbons (Fsp3) is 0.267. The van der Waals surface area contributed by atoms with Gasteiger partial charge in [0.05, 0.1) is 5.56 Å². The molecular weight excluding hydrogens is 208 g/mol. The second kappa shape index (κ2) is 4.10. The van der Waals surface area contributed by atoms with Crippen LogP contribution in [0.4, 0.5) is 0 Å². The third-order valence-electron chi connectivity index (χ3n) is 3.14. The maximum atomic E-state index is 9.05. The minimum absolute atomic E-state index is 0.752. The van der Waals surface area contributed by atoms with Crippen LogP contribution in [0.15, 0.2) is 24.3 Å². The van der Waals surface area contributed by atoms with Gasteiger partial charge >= 0.3 is 0 Å². The molecule has 2 rings (SSSR count). The van der Waals surface area contributed by atoms with Crippen molar-refractivity contribution in [2.75, 3.05) is 0 Å². The number of nitriles is 1. The molecule has 1 heterocycles. The van der Waals surface area contributed by atoms with Gasteiger partial charge in [-0.25, -0.2) is 0 Å². The Bertz CT molecular complexity index is 613. The third kappa shape index (κ3) is 1.85. The zero-order valence-corrected chi connectivity index (χ0v) is 10.7. The molecule has 1 aromatic carbocycles. The first-order valence-electron chi connectivity index (χ1n) is 5.71. The van der Waals surface area contributed by atoms with Crippen molar-refractivity contribution in [2.24, 2.45) is 0 Å². The van der Waals surface area contributed by atoms with Gasteiger partial charge in [-0.3, -0.25) is 0 Å². The van der Waals surface area contributed by atoms with Crippen LogP contribution in [-0.2, 0) is 0 Å². The molecule has 86 valence electrons. The Balaban J connectivity index is 2.69. The molecule has 0 saturated carbocycles. The second-order valence-corrected chi connectivity index (χ2v) is 4.52. The van der Waals surface area contributed by atoms with E-state index in [-0.39, 0.29) is 0 Å². The van der Waals surface area contributed by atoms with Crippen molar-refractivity contribution in [3.05, 3.63) is 52.3 Å². The van der Waals surface area contributed by atoms with E-state index in [1.807, 2.05) is 19.9 Å². The van der Waals surface area contributed by atoms with E-state index < -0.39 is 0 Å². The molecule has 2 nitrogen and oxygen atoms in total. The summed E-state index contributed by atoms with van der Waals surface area (Å²) in [6.07, 6.45) is 0. The molecule has 0 saturated heterocycles. The van der Waals surface area contributed by atoms with E-state index in [0.29, 0.717) is 0 Å². The Hall–Kier alpha value is -2.01. The summed E-state index contributed by atoms with van der Waals surface area (Å²) in [5.74, 6) is 0. The molecule has 0 aliphatic heterocycles. The van der Waals surface area contributed by atoms with Gasteiger partial charge in [-0.05, 0) is 45.4 Å². The normalized spacial score (nSPS) is 10.3. The van der Waals surface area contributed by atoms with Crippen molar-refractivity contribution in [2.45, 2.75) is 27.7 Å². The van der Waals surface area contributed by atoms with Crippen LogP contribution >= 0.6 is 0 Å². The first-order valence-corrected chi connectivity index (χ1v) is 5.71. The number of nitrogens with zero attached hydrogens (tertiary/aromatic N) is 2. The predicted molar refractivity (Wildman–Crippen MR) is 69.4 cm³/mol. The van der Waals surface area contributed by atoms with Gasteiger partial charge in [-0.2, -0.15) is 5.26 Å². The van der Waals surface area contributed by atoms with Crippen molar-refractivity contribution >= 4 is 0 Å². The highest BCUT2D eigenvalue weighted by Gasteiger charge is 2.11. The maximum Gasteiger partial charge on any atom is 0.101 e. The minimum atomic E-state index is 0.752. The van der Waals surface area contributed by atoms with E-state index in [9.17, 15) is 0 Å². The molecular formula is C15H16N2. The van der Waals surface area contributed by atoms with E-state index in [1.165, 1.54) is 11.1 Å². The van der Waals surface area contributed by atoms with Crippen LogP contribution in [0, 0.1) is 39.0 Å². The van der Waals surface area contributed by atoms with Crippen molar-refractivity contribution in [3.8, 4) is 11.8 Å². The van der Waals surface area contributed by atoms with E-state index in [1.54, 1.807) is 0 Å². The Kier molecular flexibility index (Phi) is 2.77. The fourth-order valence-electron chi connectivity index (χ4n) is 2.30. The van der Waals surface area contributed by atoms with Crippen LogP contribution in [0.3, 0.4) is 0 Å². The van der Waals surface area contributed by atoms with E-state index >= 15 is 0 Å². The van der Waals surface area contributed by atoms with Crippen LogP contribution in [0.25, 0.3) is 5.69 Å². The quantitative estimate of drug-likeness (QED) is 0.727. The Labute approximate surface area is 102 Å². The molecule has 0 N–H and O–H groups in total. The van der Waals surface area contributed by atoms with E-state index in [4.69, 9.17) is 5.26 Å². The molecule has 17 heavy (non-hydrogen) atoms. The number of aromatic nitrogens is 1. The molecule has 2 heteroatoms. The molecule has 0 unspecified atom stereocenters. The topological polar surface area (TPSA) is 28.7 Å². The first-order chi connectivity index (χ1) is 8.04. The standard InChI is InChI=1S/C15H16N2/c1-10-5-6-15(11(2)7-10)17-12(3)8-14(9-16)13(17)4/h5-8H,1-4H3. The van der Waals surface area contributed by atoms with Gasteiger partial charge in [0.2, 0.25) is 0 Å². The monoisotopic (exact) mass is 224 g/mol. The average molecular weight is 224 g/mol. The van der Waals surface area contributed by atoms with Gasteiger partial charge in [-0.1, -0.05) is 17.7 Å². The highest BCUT2D eigenvalue weighted by Crippen LogP contribution is 2.23. The summed E-state index contributed by atoms with van der Waals surface area (Å²) in [5.41, 5.74) is 6.52. The summed E-state index contributed by atoms with van der Waals surface area (Å²) in [4.78, 5) is 0. The first kappa shape index (κ1) is 11.5. The summed E-state index contributed by atoms with van der Waals surface area (Å²) in [7, 11) is 0. The highest BCUT2D eigenvalue weighted by molar-refractivity contribution is 5.49. The molecule has 2 aromatic rings. The Morgan fingerprint density at radius 1 is 1.06 bits per heavy atom. The van der Waals surface area contributed by atoms with E-state index in [0.717, 1.165) is 22.6 Å². The van der Waals surface area contributed by atoms with Crippen LogP contribution in [0.2, 0.25) is 0 Å². The van der Waals surface area contributed by atoms with Crippen LogP contribution < -0.4 is 0 Å².